The standard InChI is InChI=1S/C23H28N4O5S/c1-14(2)26-19-9-16(21(28)25-23(5)12-33(30,31)13-23)11-24-20(19)27(22(26)29)17-7-6-8-18(10-17)32-15(3)4/h6-11,14-15H,12-13H2,1-5H3,(H,25,28). The van der Waals surface area contributed by atoms with Gasteiger partial charge in [-0.2, -0.15) is 0 Å². The maximum Gasteiger partial charge on any atom is 0.335 e. The summed E-state index contributed by atoms with van der Waals surface area (Å²) in [6.45, 7) is 9.33. The smallest absolute Gasteiger partial charge is 0.335 e. The number of hydrogen-bond donors (Lipinski definition) is 1. The fraction of sp³-hybridized carbons (Fsp3) is 0.435. The van der Waals surface area contributed by atoms with Gasteiger partial charge in [-0.1, -0.05) is 6.07 Å². The van der Waals surface area contributed by atoms with Gasteiger partial charge in [0.05, 0.1) is 39.9 Å². The fourth-order valence-corrected chi connectivity index (χ4v) is 6.27. The molecule has 0 radical (unpaired) electrons. The van der Waals surface area contributed by atoms with Crippen LogP contribution in [0.2, 0.25) is 0 Å². The first-order chi connectivity index (χ1) is 15.4. The number of nitrogens with one attached hydrogen (secondary N) is 1. The highest BCUT2D eigenvalue weighted by atomic mass is 32.2. The van der Waals surface area contributed by atoms with Crippen LogP contribution in [0.15, 0.2) is 41.3 Å². The molecule has 1 saturated heterocycles. The highest BCUT2D eigenvalue weighted by Gasteiger charge is 2.45. The van der Waals surface area contributed by atoms with Gasteiger partial charge in [0, 0.05) is 18.3 Å². The number of rotatable bonds is 6. The number of ether oxygens (including phenoxy) is 1. The minimum Gasteiger partial charge on any atom is -0.491 e. The molecule has 10 heteroatoms. The molecule has 1 aromatic carbocycles. The quantitative estimate of drug-likeness (QED) is 0.590. The van der Waals surface area contributed by atoms with Gasteiger partial charge in [0.15, 0.2) is 15.5 Å². The van der Waals surface area contributed by atoms with Gasteiger partial charge >= 0.3 is 5.69 Å². The number of nitrogens with zero attached hydrogens (tertiary/aromatic N) is 3. The Morgan fingerprint density at radius 3 is 2.48 bits per heavy atom. The third-order valence-corrected chi connectivity index (χ3v) is 7.59. The van der Waals surface area contributed by atoms with E-state index in [1.165, 1.54) is 10.8 Å². The number of hydrogen-bond acceptors (Lipinski definition) is 6. The van der Waals surface area contributed by atoms with Crippen LogP contribution in [-0.2, 0) is 9.84 Å². The predicted molar refractivity (Wildman–Crippen MR) is 126 cm³/mol. The second-order valence-corrected chi connectivity index (χ2v) is 11.4. The molecule has 1 aliphatic heterocycles. The summed E-state index contributed by atoms with van der Waals surface area (Å²) in [7, 11) is -3.10. The van der Waals surface area contributed by atoms with E-state index in [4.69, 9.17) is 4.74 Å². The molecule has 176 valence electrons. The zero-order chi connectivity index (χ0) is 24.1. The molecule has 1 amide bonds. The summed E-state index contributed by atoms with van der Waals surface area (Å²) in [6, 6.07) is 8.68. The van der Waals surface area contributed by atoms with Crippen LogP contribution in [0.5, 0.6) is 5.75 Å². The minimum atomic E-state index is -3.10. The number of fused-ring (bicyclic) bond motifs is 1. The molecule has 0 spiro atoms. The molecule has 3 heterocycles. The molecule has 2 aromatic heterocycles. The number of carbonyl (C=O) groups is 1. The molecule has 0 saturated carbocycles. The Morgan fingerprint density at radius 1 is 1.18 bits per heavy atom. The Labute approximate surface area is 192 Å². The minimum absolute atomic E-state index is 0.0133. The zero-order valence-electron chi connectivity index (χ0n) is 19.3. The molecule has 0 atom stereocenters. The number of sulfone groups is 1. The van der Waals surface area contributed by atoms with Crippen LogP contribution in [0, 0.1) is 0 Å². The molecule has 0 bridgehead atoms. The molecule has 0 aliphatic carbocycles. The van der Waals surface area contributed by atoms with Crippen molar-refractivity contribution >= 4 is 26.9 Å². The van der Waals surface area contributed by atoms with E-state index in [9.17, 15) is 18.0 Å². The van der Waals surface area contributed by atoms with Crippen molar-refractivity contribution < 1.29 is 17.9 Å². The summed E-state index contributed by atoms with van der Waals surface area (Å²) in [4.78, 5) is 30.7. The molecular weight excluding hydrogens is 444 g/mol. The van der Waals surface area contributed by atoms with Crippen LogP contribution >= 0.6 is 0 Å². The van der Waals surface area contributed by atoms with Gasteiger partial charge in [-0.15, -0.1) is 0 Å². The molecule has 3 aromatic rings. The first-order valence-electron chi connectivity index (χ1n) is 10.8. The van der Waals surface area contributed by atoms with Crippen LogP contribution < -0.4 is 15.7 Å². The number of aromatic nitrogens is 3. The highest BCUT2D eigenvalue weighted by molar-refractivity contribution is 7.93. The molecule has 1 fully saturated rings. The van der Waals surface area contributed by atoms with Crippen molar-refractivity contribution in [2.24, 2.45) is 0 Å². The lowest BCUT2D eigenvalue weighted by Crippen LogP contribution is -2.63. The molecule has 1 N–H and O–H groups in total. The normalized spacial score (nSPS) is 16.7. The number of amides is 1. The van der Waals surface area contributed by atoms with Crippen LogP contribution in [0.3, 0.4) is 0 Å². The Bertz CT molecular complexity index is 1390. The summed E-state index contributed by atoms with van der Waals surface area (Å²) >= 11 is 0. The second kappa shape index (κ2) is 8.02. The average molecular weight is 473 g/mol. The molecule has 33 heavy (non-hydrogen) atoms. The number of imidazole rings is 1. The maximum atomic E-state index is 13.4. The van der Waals surface area contributed by atoms with Gasteiger partial charge in [-0.25, -0.2) is 22.8 Å². The van der Waals surface area contributed by atoms with Gasteiger partial charge < -0.3 is 10.1 Å². The third-order valence-electron chi connectivity index (χ3n) is 5.43. The van der Waals surface area contributed by atoms with E-state index < -0.39 is 21.3 Å². The molecule has 0 unspecified atom stereocenters. The Morgan fingerprint density at radius 2 is 1.88 bits per heavy atom. The summed E-state index contributed by atoms with van der Waals surface area (Å²) < 4.78 is 32.0. The van der Waals surface area contributed by atoms with Crippen molar-refractivity contribution in [2.45, 2.75) is 52.3 Å². The van der Waals surface area contributed by atoms with E-state index in [0.29, 0.717) is 22.6 Å². The Hall–Kier alpha value is -3.14. The molecular formula is C23H28N4O5S. The van der Waals surface area contributed by atoms with Crippen molar-refractivity contribution in [1.82, 2.24) is 19.4 Å². The lowest BCUT2D eigenvalue weighted by atomic mass is 10.1. The topological polar surface area (TPSA) is 112 Å². The first kappa shape index (κ1) is 23.0. The van der Waals surface area contributed by atoms with Gasteiger partial charge in [0.25, 0.3) is 5.91 Å². The Kier molecular flexibility index (Phi) is 5.60. The fourth-order valence-electron chi connectivity index (χ4n) is 4.27. The highest BCUT2D eigenvalue weighted by Crippen LogP contribution is 2.25. The lowest BCUT2D eigenvalue weighted by Gasteiger charge is -2.38. The van der Waals surface area contributed by atoms with E-state index in [1.54, 1.807) is 29.7 Å². The van der Waals surface area contributed by atoms with E-state index in [1.807, 2.05) is 39.8 Å². The summed E-state index contributed by atoms with van der Waals surface area (Å²) in [5.41, 5.74) is 0.735. The lowest BCUT2D eigenvalue weighted by molar-refractivity contribution is 0.0916. The predicted octanol–water partition coefficient (Wildman–Crippen LogP) is 2.47. The van der Waals surface area contributed by atoms with E-state index >= 15 is 0 Å². The van der Waals surface area contributed by atoms with E-state index in [-0.39, 0.29) is 34.9 Å². The molecule has 9 nitrogen and oxygen atoms in total. The Balaban J connectivity index is 1.78. The van der Waals surface area contributed by atoms with E-state index in [2.05, 4.69) is 10.3 Å². The van der Waals surface area contributed by atoms with Crippen LogP contribution in [0.4, 0.5) is 0 Å². The zero-order valence-corrected chi connectivity index (χ0v) is 20.1. The van der Waals surface area contributed by atoms with Crippen molar-refractivity contribution in [3.8, 4) is 11.4 Å². The monoisotopic (exact) mass is 472 g/mol. The summed E-state index contributed by atoms with van der Waals surface area (Å²) in [5, 5.41) is 2.79. The number of benzene rings is 1. The largest absolute Gasteiger partial charge is 0.491 e. The van der Waals surface area contributed by atoms with Crippen molar-refractivity contribution in [2.75, 3.05) is 11.5 Å². The van der Waals surface area contributed by atoms with Crippen molar-refractivity contribution in [3.05, 3.63) is 52.6 Å². The SMILES string of the molecule is CC(C)Oc1cccc(-n2c(=O)n(C(C)C)c3cc(C(=O)NC4(C)CS(=O)(=O)C4)cnc32)c1. The van der Waals surface area contributed by atoms with Crippen LogP contribution in [0.25, 0.3) is 16.9 Å². The molecule has 1 aliphatic rings. The maximum absolute atomic E-state index is 13.4. The number of carbonyl (C=O) groups excluding carboxylic acids is 1. The number of pyridine rings is 1. The van der Waals surface area contributed by atoms with E-state index in [0.717, 1.165) is 0 Å². The molecule has 4 rings (SSSR count). The van der Waals surface area contributed by atoms with Crippen LogP contribution in [0.1, 0.15) is 51.0 Å². The van der Waals surface area contributed by atoms with Crippen molar-refractivity contribution in [3.63, 3.8) is 0 Å². The second-order valence-electron chi connectivity index (χ2n) is 9.36. The van der Waals surface area contributed by atoms with Crippen LogP contribution in [-0.4, -0.2) is 51.6 Å². The van der Waals surface area contributed by atoms with Gasteiger partial charge in [-0.3, -0.25) is 9.36 Å². The van der Waals surface area contributed by atoms with Crippen molar-refractivity contribution in [1.29, 1.82) is 0 Å². The average Bonchev–Trinajstić information content (AvgIpc) is 2.96. The third kappa shape index (κ3) is 4.39. The van der Waals surface area contributed by atoms with Gasteiger partial charge in [-0.05, 0) is 52.8 Å². The summed E-state index contributed by atoms with van der Waals surface area (Å²) in [6.07, 6.45) is 1.39. The summed E-state index contributed by atoms with van der Waals surface area (Å²) in [5.74, 6) is 0.0243. The first-order valence-corrected chi connectivity index (χ1v) is 12.6. The van der Waals surface area contributed by atoms with Gasteiger partial charge in [0.2, 0.25) is 0 Å². The van der Waals surface area contributed by atoms with Gasteiger partial charge in [0.1, 0.15) is 5.75 Å².